The largest absolute Gasteiger partial charge is 0.484 e. The average molecular weight is 460 g/mol. The third-order valence-electron chi connectivity index (χ3n) is 6.02. The average Bonchev–Trinajstić information content (AvgIpc) is 3.25. The molecule has 0 radical (unpaired) electrons. The summed E-state index contributed by atoms with van der Waals surface area (Å²) in [4.78, 5) is 24.5. The molecule has 1 amide bonds. The Hall–Kier alpha value is -2.98. The molecule has 10 heteroatoms. The molecule has 0 bridgehead atoms. The first kappa shape index (κ1) is 22.2. The van der Waals surface area contributed by atoms with Crippen molar-refractivity contribution < 1.29 is 22.9 Å². The summed E-state index contributed by atoms with van der Waals surface area (Å²) < 4.78 is 33.0. The van der Waals surface area contributed by atoms with Crippen LogP contribution in [-0.4, -0.2) is 61.2 Å². The molecule has 1 aliphatic heterocycles. The van der Waals surface area contributed by atoms with Gasteiger partial charge in [-0.15, -0.1) is 0 Å². The number of fused-ring (bicyclic) bond motifs is 1. The van der Waals surface area contributed by atoms with E-state index in [0.29, 0.717) is 11.3 Å². The van der Waals surface area contributed by atoms with Gasteiger partial charge in [0.2, 0.25) is 10.0 Å². The highest BCUT2D eigenvalue weighted by molar-refractivity contribution is 7.89. The number of non-ortho nitro benzene ring substituents is 1. The molecule has 170 valence electrons. The molecule has 4 rings (SSSR count). The first-order valence-electron chi connectivity index (χ1n) is 10.5. The Kier molecular flexibility index (Phi) is 6.16. The lowest BCUT2D eigenvalue weighted by molar-refractivity contribution is -0.385. The summed E-state index contributed by atoms with van der Waals surface area (Å²) in [5.41, 5.74) is 2.77. The van der Waals surface area contributed by atoms with Gasteiger partial charge >= 0.3 is 0 Å². The van der Waals surface area contributed by atoms with Gasteiger partial charge < -0.3 is 9.64 Å². The molecule has 0 atom stereocenters. The van der Waals surface area contributed by atoms with E-state index in [1.54, 1.807) is 11.8 Å². The molecule has 2 aliphatic rings. The number of carbonyl (C=O) groups is 1. The normalized spacial score (nSPS) is 16.6. The summed E-state index contributed by atoms with van der Waals surface area (Å²) in [7, 11) is -3.90. The Balaban J connectivity index is 1.36. The predicted molar refractivity (Wildman–Crippen MR) is 117 cm³/mol. The fraction of sp³-hybridized carbons (Fsp3) is 0.409. The quantitative estimate of drug-likeness (QED) is 0.484. The predicted octanol–water partition coefficient (Wildman–Crippen LogP) is 2.30. The summed E-state index contributed by atoms with van der Waals surface area (Å²) in [5.74, 6) is 0.468. The SMILES string of the molecule is Cc1ccc([N+](=O)[O-])cc1S(=O)(=O)N1CCN(C(=O)COc2ccc3c(c2)CCC3)CC1. The molecule has 2 aromatic carbocycles. The molecule has 1 saturated heterocycles. The van der Waals surface area contributed by atoms with Crippen molar-refractivity contribution in [3.63, 3.8) is 0 Å². The molecule has 0 spiro atoms. The number of carbonyl (C=O) groups excluding carboxylic acids is 1. The van der Waals surface area contributed by atoms with E-state index in [9.17, 15) is 23.3 Å². The van der Waals surface area contributed by atoms with Gasteiger partial charge in [0, 0.05) is 38.3 Å². The van der Waals surface area contributed by atoms with Gasteiger partial charge in [-0.05, 0) is 55.0 Å². The maximum absolute atomic E-state index is 13.0. The van der Waals surface area contributed by atoms with Crippen molar-refractivity contribution in [1.82, 2.24) is 9.21 Å². The molecule has 0 aromatic heterocycles. The van der Waals surface area contributed by atoms with Gasteiger partial charge in [0.1, 0.15) is 5.75 Å². The van der Waals surface area contributed by atoms with E-state index in [2.05, 4.69) is 0 Å². The summed E-state index contributed by atoms with van der Waals surface area (Å²) in [6, 6.07) is 9.71. The van der Waals surface area contributed by atoms with Crippen molar-refractivity contribution in [2.24, 2.45) is 0 Å². The number of nitro groups is 1. The van der Waals surface area contributed by atoms with Crippen LogP contribution < -0.4 is 4.74 Å². The van der Waals surface area contributed by atoms with Crippen molar-refractivity contribution in [3.8, 4) is 5.75 Å². The molecule has 1 fully saturated rings. The van der Waals surface area contributed by atoms with Crippen LogP contribution in [0.2, 0.25) is 0 Å². The molecule has 0 N–H and O–H groups in total. The van der Waals surface area contributed by atoms with Crippen LogP contribution >= 0.6 is 0 Å². The highest BCUT2D eigenvalue weighted by atomic mass is 32.2. The number of nitrogens with zero attached hydrogens (tertiary/aromatic N) is 3. The van der Waals surface area contributed by atoms with Crippen molar-refractivity contribution in [2.45, 2.75) is 31.1 Å². The van der Waals surface area contributed by atoms with E-state index >= 15 is 0 Å². The third-order valence-corrected chi connectivity index (χ3v) is 8.06. The zero-order valence-electron chi connectivity index (χ0n) is 17.8. The molecule has 0 unspecified atom stereocenters. The van der Waals surface area contributed by atoms with Crippen LogP contribution in [0.3, 0.4) is 0 Å². The van der Waals surface area contributed by atoms with Crippen LogP contribution in [0.4, 0.5) is 5.69 Å². The van der Waals surface area contributed by atoms with E-state index in [1.807, 2.05) is 18.2 Å². The minimum Gasteiger partial charge on any atom is -0.484 e. The van der Waals surface area contributed by atoms with Crippen molar-refractivity contribution in [2.75, 3.05) is 32.8 Å². The minimum absolute atomic E-state index is 0.0774. The molecule has 2 aromatic rings. The smallest absolute Gasteiger partial charge is 0.270 e. The zero-order valence-corrected chi connectivity index (χ0v) is 18.6. The maximum atomic E-state index is 13.0. The zero-order chi connectivity index (χ0) is 22.9. The second-order valence-electron chi connectivity index (χ2n) is 8.06. The topological polar surface area (TPSA) is 110 Å². The summed E-state index contributed by atoms with van der Waals surface area (Å²) in [6.07, 6.45) is 3.25. The summed E-state index contributed by atoms with van der Waals surface area (Å²) >= 11 is 0. The number of hydrogen-bond donors (Lipinski definition) is 0. The number of ether oxygens (including phenoxy) is 1. The molecule has 32 heavy (non-hydrogen) atoms. The van der Waals surface area contributed by atoms with Crippen molar-refractivity contribution in [3.05, 3.63) is 63.2 Å². The number of piperazine rings is 1. The number of sulfonamides is 1. The first-order chi connectivity index (χ1) is 15.3. The highest BCUT2D eigenvalue weighted by Gasteiger charge is 2.32. The fourth-order valence-electron chi connectivity index (χ4n) is 4.17. The lowest BCUT2D eigenvalue weighted by atomic mass is 10.1. The Morgan fingerprint density at radius 3 is 2.50 bits per heavy atom. The van der Waals surface area contributed by atoms with Crippen molar-refractivity contribution in [1.29, 1.82) is 0 Å². The highest BCUT2D eigenvalue weighted by Crippen LogP contribution is 2.27. The number of rotatable bonds is 6. The third kappa shape index (κ3) is 4.46. The van der Waals surface area contributed by atoms with Crippen LogP contribution in [0.5, 0.6) is 5.75 Å². The van der Waals surface area contributed by atoms with Gasteiger partial charge in [-0.3, -0.25) is 14.9 Å². The summed E-state index contributed by atoms with van der Waals surface area (Å²) in [6.45, 7) is 2.21. The van der Waals surface area contributed by atoms with Crippen LogP contribution in [0.15, 0.2) is 41.3 Å². The molecular formula is C22H25N3O6S. The number of aryl methyl sites for hydroxylation is 3. The van der Waals surface area contributed by atoms with Gasteiger partial charge in [0.25, 0.3) is 11.6 Å². The minimum atomic E-state index is -3.90. The van der Waals surface area contributed by atoms with Gasteiger partial charge in [-0.25, -0.2) is 8.42 Å². The Bertz CT molecular complexity index is 1160. The monoisotopic (exact) mass is 459 g/mol. The molecule has 1 heterocycles. The van der Waals surface area contributed by atoms with Crippen LogP contribution in [0.1, 0.15) is 23.1 Å². The lowest BCUT2D eigenvalue weighted by Gasteiger charge is -2.34. The van der Waals surface area contributed by atoms with Crippen LogP contribution in [0, 0.1) is 17.0 Å². The van der Waals surface area contributed by atoms with Gasteiger partial charge in [0.15, 0.2) is 6.61 Å². The van der Waals surface area contributed by atoms with Crippen LogP contribution in [-0.2, 0) is 27.7 Å². The van der Waals surface area contributed by atoms with Crippen LogP contribution in [0.25, 0.3) is 0 Å². The summed E-state index contributed by atoms with van der Waals surface area (Å²) in [5, 5.41) is 11.0. The van der Waals surface area contributed by atoms with E-state index in [-0.39, 0.29) is 49.3 Å². The number of amides is 1. The second kappa shape index (κ2) is 8.87. The van der Waals surface area contributed by atoms with Crippen molar-refractivity contribution >= 4 is 21.6 Å². The second-order valence-corrected chi connectivity index (χ2v) is 9.97. The fourth-order valence-corrected chi connectivity index (χ4v) is 5.84. The van der Waals surface area contributed by atoms with Gasteiger partial charge in [-0.2, -0.15) is 4.31 Å². The van der Waals surface area contributed by atoms with Gasteiger partial charge in [-0.1, -0.05) is 12.1 Å². The van der Waals surface area contributed by atoms with E-state index in [0.717, 1.165) is 25.3 Å². The number of benzene rings is 2. The van der Waals surface area contributed by atoms with E-state index in [1.165, 1.54) is 27.6 Å². The standard InChI is InChI=1S/C22H25N3O6S/c1-16-5-7-19(25(27)28)14-21(16)32(29,30)24-11-9-23(10-12-24)22(26)15-31-20-8-6-17-3-2-4-18(17)13-20/h5-8,13-14H,2-4,9-12,15H2,1H3. The maximum Gasteiger partial charge on any atom is 0.270 e. The van der Waals surface area contributed by atoms with E-state index < -0.39 is 14.9 Å². The Morgan fingerprint density at radius 1 is 1.06 bits per heavy atom. The lowest BCUT2D eigenvalue weighted by Crippen LogP contribution is -2.51. The van der Waals surface area contributed by atoms with E-state index in [4.69, 9.17) is 4.74 Å². The van der Waals surface area contributed by atoms with Gasteiger partial charge in [0.05, 0.1) is 9.82 Å². The Labute approximate surface area is 186 Å². The number of nitro benzene ring substituents is 1. The molecule has 9 nitrogen and oxygen atoms in total. The Morgan fingerprint density at radius 2 is 1.78 bits per heavy atom. The molecule has 1 aliphatic carbocycles. The molecule has 0 saturated carbocycles. The molecular weight excluding hydrogens is 434 g/mol. The first-order valence-corrected chi connectivity index (χ1v) is 12.0. The number of hydrogen-bond acceptors (Lipinski definition) is 6.